The van der Waals surface area contributed by atoms with Gasteiger partial charge < -0.3 is 5.11 Å². The van der Waals surface area contributed by atoms with Gasteiger partial charge in [0.05, 0.1) is 11.9 Å². The van der Waals surface area contributed by atoms with Gasteiger partial charge in [0.1, 0.15) is 0 Å². The van der Waals surface area contributed by atoms with E-state index in [0.717, 1.165) is 10.6 Å². The summed E-state index contributed by atoms with van der Waals surface area (Å²) in [6.07, 6.45) is 1.13. The van der Waals surface area contributed by atoms with Crippen molar-refractivity contribution in [3.63, 3.8) is 0 Å². The molecule has 0 saturated carbocycles. The Morgan fingerprint density at radius 2 is 1.79 bits per heavy atom. The summed E-state index contributed by atoms with van der Waals surface area (Å²) in [5, 5.41) is 9.21. The maximum atomic E-state index is 11.7. The second kappa shape index (κ2) is 6.45. The predicted molar refractivity (Wildman–Crippen MR) is 75.5 cm³/mol. The molecule has 0 bridgehead atoms. The number of carboxylic acid groups (broad SMARTS) is 1. The third-order valence-corrected chi connectivity index (χ3v) is 3.92. The summed E-state index contributed by atoms with van der Waals surface area (Å²) >= 11 is 11.7. The summed E-state index contributed by atoms with van der Waals surface area (Å²) in [4.78, 5) is 10.5. The molecule has 0 aliphatic carbocycles. The first-order chi connectivity index (χ1) is 8.70. The van der Waals surface area contributed by atoms with E-state index in [-0.39, 0.29) is 19.4 Å². The summed E-state index contributed by atoms with van der Waals surface area (Å²) in [5.41, 5.74) is 0.324. The molecule has 1 N–H and O–H groups in total. The van der Waals surface area contributed by atoms with Crippen LogP contribution in [0.4, 0.5) is 5.69 Å². The molecule has 1 aromatic rings. The molecule has 0 atom stereocenters. The molecule has 0 aliphatic rings. The van der Waals surface area contributed by atoms with Crippen LogP contribution in [0.25, 0.3) is 0 Å². The van der Waals surface area contributed by atoms with E-state index in [4.69, 9.17) is 28.3 Å². The number of carboxylic acids is 1. The molecule has 0 saturated heterocycles. The molecule has 1 aromatic carbocycles. The second-order valence-corrected chi connectivity index (χ2v) is 6.74. The van der Waals surface area contributed by atoms with Gasteiger partial charge >= 0.3 is 5.97 Å². The van der Waals surface area contributed by atoms with Gasteiger partial charge in [-0.15, -0.1) is 0 Å². The Hall–Kier alpha value is -0.980. The minimum Gasteiger partial charge on any atom is -0.481 e. The van der Waals surface area contributed by atoms with E-state index in [9.17, 15) is 13.2 Å². The van der Waals surface area contributed by atoms with Crippen molar-refractivity contribution in [3.05, 3.63) is 28.2 Å². The number of halogens is 2. The number of sulfonamides is 1. The van der Waals surface area contributed by atoms with Crippen molar-refractivity contribution in [1.82, 2.24) is 0 Å². The van der Waals surface area contributed by atoms with Crippen LogP contribution in [-0.2, 0) is 14.8 Å². The first-order valence-electron chi connectivity index (χ1n) is 5.36. The highest BCUT2D eigenvalue weighted by molar-refractivity contribution is 7.92. The zero-order valence-electron chi connectivity index (χ0n) is 10.1. The number of aliphatic carboxylic acids is 1. The third kappa shape index (κ3) is 5.26. The normalized spacial score (nSPS) is 11.3. The van der Waals surface area contributed by atoms with Crippen LogP contribution < -0.4 is 4.31 Å². The number of rotatable bonds is 6. The van der Waals surface area contributed by atoms with Crippen LogP contribution in [0.15, 0.2) is 18.2 Å². The molecule has 0 radical (unpaired) electrons. The average Bonchev–Trinajstić information content (AvgIpc) is 2.20. The van der Waals surface area contributed by atoms with Crippen LogP contribution in [-0.4, -0.2) is 32.3 Å². The predicted octanol–water partition coefficient (Wildman–Crippen LogP) is 2.62. The van der Waals surface area contributed by atoms with E-state index >= 15 is 0 Å². The van der Waals surface area contributed by atoms with Gasteiger partial charge in [0.15, 0.2) is 0 Å². The smallest absolute Gasteiger partial charge is 0.303 e. The number of hydrogen-bond donors (Lipinski definition) is 1. The van der Waals surface area contributed by atoms with Crippen molar-refractivity contribution in [2.75, 3.05) is 17.1 Å². The maximum absolute atomic E-state index is 11.7. The van der Waals surface area contributed by atoms with Crippen LogP contribution in [0.3, 0.4) is 0 Å². The lowest BCUT2D eigenvalue weighted by atomic mass is 10.3. The Balaban J connectivity index is 3.00. The molecule has 0 fully saturated rings. The van der Waals surface area contributed by atoms with Crippen molar-refractivity contribution in [2.45, 2.75) is 12.8 Å². The Morgan fingerprint density at radius 3 is 2.21 bits per heavy atom. The summed E-state index contributed by atoms with van der Waals surface area (Å²) in [5.74, 6) is -0.974. The molecule has 0 spiro atoms. The minimum absolute atomic E-state index is 0.0573. The monoisotopic (exact) mass is 325 g/mol. The molecule has 106 valence electrons. The SMILES string of the molecule is CS(=O)(=O)N(CCCC(=O)O)c1cc(Cl)cc(Cl)c1. The number of benzene rings is 1. The minimum atomic E-state index is -3.53. The number of carbonyl (C=O) groups is 1. The van der Waals surface area contributed by atoms with Gasteiger partial charge in [-0.3, -0.25) is 9.10 Å². The van der Waals surface area contributed by atoms with Crippen LogP contribution in [0.5, 0.6) is 0 Å². The quantitative estimate of drug-likeness (QED) is 0.872. The molecule has 8 heteroatoms. The molecule has 19 heavy (non-hydrogen) atoms. The fraction of sp³-hybridized carbons (Fsp3) is 0.364. The van der Waals surface area contributed by atoms with E-state index in [1.165, 1.54) is 18.2 Å². The fourth-order valence-electron chi connectivity index (χ4n) is 1.54. The largest absolute Gasteiger partial charge is 0.481 e. The van der Waals surface area contributed by atoms with E-state index in [1.54, 1.807) is 0 Å². The molecule has 5 nitrogen and oxygen atoms in total. The lowest BCUT2D eigenvalue weighted by molar-refractivity contribution is -0.137. The average molecular weight is 326 g/mol. The van der Waals surface area contributed by atoms with E-state index in [2.05, 4.69) is 0 Å². The first-order valence-corrected chi connectivity index (χ1v) is 7.96. The Morgan fingerprint density at radius 1 is 1.26 bits per heavy atom. The highest BCUT2D eigenvalue weighted by atomic mass is 35.5. The highest BCUT2D eigenvalue weighted by Crippen LogP contribution is 2.27. The number of anilines is 1. The van der Waals surface area contributed by atoms with Gasteiger partial charge in [-0.05, 0) is 24.6 Å². The van der Waals surface area contributed by atoms with Gasteiger partial charge in [-0.1, -0.05) is 23.2 Å². The van der Waals surface area contributed by atoms with Crippen molar-refractivity contribution in [1.29, 1.82) is 0 Å². The number of nitrogens with zero attached hydrogens (tertiary/aromatic N) is 1. The van der Waals surface area contributed by atoms with Gasteiger partial charge in [-0.2, -0.15) is 0 Å². The molecular weight excluding hydrogens is 313 g/mol. The molecule has 0 aliphatic heterocycles. The lowest BCUT2D eigenvalue weighted by Crippen LogP contribution is -2.31. The first kappa shape index (κ1) is 16.1. The Labute approximate surface area is 121 Å². The second-order valence-electron chi connectivity index (χ2n) is 3.96. The topological polar surface area (TPSA) is 74.7 Å². The van der Waals surface area contributed by atoms with Crippen LogP contribution in [0.1, 0.15) is 12.8 Å². The highest BCUT2D eigenvalue weighted by Gasteiger charge is 2.18. The Kier molecular flexibility index (Phi) is 5.46. The molecular formula is C11H13Cl2NO4S. The van der Waals surface area contributed by atoms with Crippen molar-refractivity contribution < 1.29 is 18.3 Å². The van der Waals surface area contributed by atoms with Gasteiger partial charge in [0, 0.05) is 23.0 Å². The van der Waals surface area contributed by atoms with Gasteiger partial charge in [-0.25, -0.2) is 8.42 Å². The zero-order valence-corrected chi connectivity index (χ0v) is 12.5. The van der Waals surface area contributed by atoms with E-state index in [0.29, 0.717) is 15.7 Å². The Bertz CT molecular complexity index is 554. The molecule has 0 unspecified atom stereocenters. The fourth-order valence-corrected chi connectivity index (χ4v) is 3.01. The summed E-state index contributed by atoms with van der Waals surface area (Å²) in [7, 11) is -3.53. The van der Waals surface area contributed by atoms with Crippen LogP contribution >= 0.6 is 23.2 Å². The molecule has 1 rings (SSSR count). The molecule has 0 amide bonds. The number of hydrogen-bond acceptors (Lipinski definition) is 3. The molecule has 0 aromatic heterocycles. The van der Waals surface area contributed by atoms with Gasteiger partial charge in [0.25, 0.3) is 0 Å². The maximum Gasteiger partial charge on any atom is 0.303 e. The summed E-state index contributed by atoms with van der Waals surface area (Å²) in [6, 6.07) is 4.43. The van der Waals surface area contributed by atoms with E-state index < -0.39 is 16.0 Å². The van der Waals surface area contributed by atoms with Crippen molar-refractivity contribution >= 4 is 44.9 Å². The summed E-state index contributed by atoms with van der Waals surface area (Å²) < 4.78 is 24.5. The molecule has 0 heterocycles. The zero-order chi connectivity index (χ0) is 14.6. The van der Waals surface area contributed by atoms with Crippen molar-refractivity contribution in [2.24, 2.45) is 0 Å². The van der Waals surface area contributed by atoms with Crippen LogP contribution in [0, 0.1) is 0 Å². The van der Waals surface area contributed by atoms with Crippen LogP contribution in [0.2, 0.25) is 10.0 Å². The summed E-state index contributed by atoms with van der Waals surface area (Å²) in [6.45, 7) is 0.0573. The lowest BCUT2D eigenvalue weighted by Gasteiger charge is -2.22. The van der Waals surface area contributed by atoms with E-state index in [1.807, 2.05) is 0 Å². The third-order valence-electron chi connectivity index (χ3n) is 2.29. The van der Waals surface area contributed by atoms with Gasteiger partial charge in [0.2, 0.25) is 10.0 Å². The van der Waals surface area contributed by atoms with Crippen molar-refractivity contribution in [3.8, 4) is 0 Å². The standard InChI is InChI=1S/C11H13Cl2NO4S/c1-19(17,18)14(4-2-3-11(15)16)10-6-8(12)5-9(13)7-10/h5-7H,2-4H2,1H3,(H,15,16).